The molecule has 0 spiro atoms. The maximum Gasteiger partial charge on any atom is 0.257 e. The monoisotopic (exact) mass is 239 g/mol. The standard InChI is InChI=1S/C12H14ClNO2/c13-6-3-7-14-8-9-16-11-5-2-1-4-10(11)12(14)15/h1-2,4-5H,3,6-9H2. The topological polar surface area (TPSA) is 29.5 Å². The van der Waals surface area contributed by atoms with E-state index in [1.807, 2.05) is 18.2 Å². The lowest BCUT2D eigenvalue weighted by Gasteiger charge is -2.18. The fourth-order valence-electron chi connectivity index (χ4n) is 1.77. The third-order valence-electron chi connectivity index (χ3n) is 2.59. The molecule has 16 heavy (non-hydrogen) atoms. The first kappa shape index (κ1) is 11.3. The Kier molecular flexibility index (Phi) is 3.67. The summed E-state index contributed by atoms with van der Waals surface area (Å²) in [5.41, 5.74) is 0.648. The van der Waals surface area contributed by atoms with Gasteiger partial charge in [-0.2, -0.15) is 0 Å². The average molecular weight is 240 g/mol. The molecule has 2 rings (SSSR count). The molecule has 1 aliphatic rings. The van der Waals surface area contributed by atoms with Crippen LogP contribution in [-0.2, 0) is 0 Å². The summed E-state index contributed by atoms with van der Waals surface area (Å²) in [4.78, 5) is 13.9. The van der Waals surface area contributed by atoms with Gasteiger partial charge in [-0.25, -0.2) is 0 Å². The predicted octanol–water partition coefficient (Wildman–Crippen LogP) is 2.15. The van der Waals surface area contributed by atoms with E-state index in [0.29, 0.717) is 36.9 Å². The Bertz CT molecular complexity index is 379. The second-order valence-corrected chi connectivity index (χ2v) is 4.06. The summed E-state index contributed by atoms with van der Waals surface area (Å²) in [6.07, 6.45) is 0.815. The zero-order valence-electron chi connectivity index (χ0n) is 8.99. The highest BCUT2D eigenvalue weighted by atomic mass is 35.5. The zero-order valence-corrected chi connectivity index (χ0v) is 9.74. The lowest BCUT2D eigenvalue weighted by atomic mass is 10.2. The van der Waals surface area contributed by atoms with Gasteiger partial charge >= 0.3 is 0 Å². The molecule has 3 nitrogen and oxygen atoms in total. The van der Waals surface area contributed by atoms with Crippen molar-refractivity contribution in [3.63, 3.8) is 0 Å². The van der Waals surface area contributed by atoms with E-state index >= 15 is 0 Å². The van der Waals surface area contributed by atoms with Crippen molar-refractivity contribution in [3.8, 4) is 5.75 Å². The first-order chi connectivity index (χ1) is 7.83. The Balaban J connectivity index is 2.20. The molecule has 0 atom stereocenters. The summed E-state index contributed by atoms with van der Waals surface area (Å²) in [6.45, 7) is 1.87. The maximum atomic E-state index is 12.1. The number of fused-ring (bicyclic) bond motifs is 1. The second-order valence-electron chi connectivity index (χ2n) is 3.68. The normalized spacial score (nSPS) is 15.3. The van der Waals surface area contributed by atoms with Crippen molar-refractivity contribution in [2.75, 3.05) is 25.6 Å². The molecule has 0 N–H and O–H groups in total. The third kappa shape index (κ3) is 2.30. The Morgan fingerprint density at radius 2 is 2.19 bits per heavy atom. The quantitative estimate of drug-likeness (QED) is 0.757. The number of nitrogens with zero attached hydrogens (tertiary/aromatic N) is 1. The number of hydrogen-bond acceptors (Lipinski definition) is 2. The van der Waals surface area contributed by atoms with Crippen molar-refractivity contribution in [1.82, 2.24) is 4.90 Å². The number of carbonyl (C=O) groups excluding carboxylic acids is 1. The van der Waals surface area contributed by atoms with Gasteiger partial charge in [0.15, 0.2) is 0 Å². The van der Waals surface area contributed by atoms with Crippen LogP contribution in [0.25, 0.3) is 0 Å². The van der Waals surface area contributed by atoms with Gasteiger partial charge in [0.2, 0.25) is 0 Å². The average Bonchev–Trinajstić information content (AvgIpc) is 2.47. The van der Waals surface area contributed by atoms with Crippen molar-refractivity contribution >= 4 is 17.5 Å². The van der Waals surface area contributed by atoms with E-state index in [2.05, 4.69) is 0 Å². The zero-order chi connectivity index (χ0) is 11.4. The fourth-order valence-corrected chi connectivity index (χ4v) is 1.89. The van der Waals surface area contributed by atoms with Crippen LogP contribution in [0.1, 0.15) is 16.8 Å². The summed E-state index contributed by atoms with van der Waals surface area (Å²) in [7, 11) is 0. The molecule has 0 saturated heterocycles. The summed E-state index contributed by atoms with van der Waals surface area (Å²) in [5.74, 6) is 1.30. The molecule has 1 aromatic carbocycles. The molecule has 1 heterocycles. The number of halogens is 1. The number of para-hydroxylation sites is 1. The first-order valence-electron chi connectivity index (χ1n) is 5.40. The largest absolute Gasteiger partial charge is 0.491 e. The summed E-state index contributed by atoms with van der Waals surface area (Å²) in [6, 6.07) is 7.36. The molecule has 0 aromatic heterocycles. The van der Waals surface area contributed by atoms with Crippen LogP contribution in [0.4, 0.5) is 0 Å². The van der Waals surface area contributed by atoms with Crippen LogP contribution in [-0.4, -0.2) is 36.4 Å². The highest BCUT2D eigenvalue weighted by Crippen LogP contribution is 2.22. The Labute approximate surface area is 100.0 Å². The molecule has 4 heteroatoms. The minimum atomic E-state index is 0.0400. The van der Waals surface area contributed by atoms with Crippen LogP contribution >= 0.6 is 11.6 Å². The molecule has 0 fully saturated rings. The highest BCUT2D eigenvalue weighted by molar-refractivity contribution is 6.17. The van der Waals surface area contributed by atoms with Crippen LogP contribution in [0, 0.1) is 0 Å². The Morgan fingerprint density at radius 3 is 3.00 bits per heavy atom. The Morgan fingerprint density at radius 1 is 1.38 bits per heavy atom. The summed E-state index contributed by atoms with van der Waals surface area (Å²) >= 11 is 5.64. The second kappa shape index (κ2) is 5.21. The number of hydrogen-bond donors (Lipinski definition) is 0. The van der Waals surface area contributed by atoms with Gasteiger partial charge in [0.1, 0.15) is 12.4 Å². The van der Waals surface area contributed by atoms with Gasteiger partial charge in [-0.3, -0.25) is 4.79 Å². The van der Waals surface area contributed by atoms with Gasteiger partial charge < -0.3 is 9.64 Å². The van der Waals surface area contributed by atoms with Gasteiger partial charge in [-0.05, 0) is 18.6 Å². The molecule has 1 aliphatic heterocycles. The number of benzene rings is 1. The summed E-state index contributed by atoms with van der Waals surface area (Å²) < 4.78 is 5.53. The van der Waals surface area contributed by atoms with Crippen molar-refractivity contribution in [2.45, 2.75) is 6.42 Å². The van der Waals surface area contributed by atoms with Crippen molar-refractivity contribution in [3.05, 3.63) is 29.8 Å². The van der Waals surface area contributed by atoms with E-state index in [-0.39, 0.29) is 5.91 Å². The first-order valence-corrected chi connectivity index (χ1v) is 5.93. The molecule has 0 radical (unpaired) electrons. The van der Waals surface area contributed by atoms with E-state index in [0.717, 1.165) is 6.42 Å². The molecule has 0 aliphatic carbocycles. The highest BCUT2D eigenvalue weighted by Gasteiger charge is 2.22. The van der Waals surface area contributed by atoms with E-state index < -0.39 is 0 Å². The van der Waals surface area contributed by atoms with Gasteiger partial charge in [-0.1, -0.05) is 12.1 Å². The number of amides is 1. The number of carbonyl (C=O) groups is 1. The summed E-state index contributed by atoms with van der Waals surface area (Å²) in [5, 5.41) is 0. The van der Waals surface area contributed by atoms with E-state index in [1.165, 1.54) is 0 Å². The van der Waals surface area contributed by atoms with Crippen molar-refractivity contribution in [1.29, 1.82) is 0 Å². The molecular formula is C12H14ClNO2. The van der Waals surface area contributed by atoms with Crippen LogP contribution in [0.3, 0.4) is 0 Å². The smallest absolute Gasteiger partial charge is 0.257 e. The molecule has 1 amide bonds. The van der Waals surface area contributed by atoms with Gasteiger partial charge in [-0.15, -0.1) is 11.6 Å². The van der Waals surface area contributed by atoms with Gasteiger partial charge in [0.25, 0.3) is 5.91 Å². The molecule has 0 unspecified atom stereocenters. The Hall–Kier alpha value is -1.22. The SMILES string of the molecule is O=C1c2ccccc2OCCN1CCCCl. The minimum Gasteiger partial charge on any atom is -0.491 e. The molecule has 86 valence electrons. The van der Waals surface area contributed by atoms with Crippen LogP contribution in [0.15, 0.2) is 24.3 Å². The number of ether oxygens (including phenoxy) is 1. The van der Waals surface area contributed by atoms with Crippen molar-refractivity contribution in [2.24, 2.45) is 0 Å². The number of rotatable bonds is 3. The van der Waals surface area contributed by atoms with E-state index in [1.54, 1.807) is 11.0 Å². The van der Waals surface area contributed by atoms with E-state index in [9.17, 15) is 4.79 Å². The van der Waals surface area contributed by atoms with E-state index in [4.69, 9.17) is 16.3 Å². The maximum absolute atomic E-state index is 12.1. The molecule has 0 bridgehead atoms. The van der Waals surface area contributed by atoms with Crippen molar-refractivity contribution < 1.29 is 9.53 Å². The fraction of sp³-hybridized carbons (Fsp3) is 0.417. The van der Waals surface area contributed by atoms with Crippen LogP contribution in [0.2, 0.25) is 0 Å². The van der Waals surface area contributed by atoms with Crippen LogP contribution in [0.5, 0.6) is 5.75 Å². The molecule has 0 saturated carbocycles. The van der Waals surface area contributed by atoms with Gasteiger partial charge in [0.05, 0.1) is 12.1 Å². The predicted molar refractivity (Wildman–Crippen MR) is 63.2 cm³/mol. The lowest BCUT2D eigenvalue weighted by Crippen LogP contribution is -2.33. The lowest BCUT2D eigenvalue weighted by molar-refractivity contribution is 0.0756. The van der Waals surface area contributed by atoms with Crippen LogP contribution < -0.4 is 4.74 Å². The molecule has 1 aromatic rings. The third-order valence-corrected chi connectivity index (χ3v) is 2.85. The minimum absolute atomic E-state index is 0.0400. The molecular weight excluding hydrogens is 226 g/mol. The van der Waals surface area contributed by atoms with Gasteiger partial charge in [0, 0.05) is 12.4 Å². The number of alkyl halides is 1.